The fourth-order valence-corrected chi connectivity index (χ4v) is 1.84. The largest absolute Gasteiger partial charge is 0.463 e. The number of carbonyl (C=O) groups is 1. The van der Waals surface area contributed by atoms with E-state index in [9.17, 15) is 4.79 Å². The zero-order valence-corrected chi connectivity index (χ0v) is 11.2. The van der Waals surface area contributed by atoms with Crippen molar-refractivity contribution in [3.05, 3.63) is 40.4 Å². The summed E-state index contributed by atoms with van der Waals surface area (Å²) < 4.78 is 6.90. The molecule has 0 aliphatic heterocycles. The minimum Gasteiger partial charge on any atom is -0.463 e. The maximum absolute atomic E-state index is 11.2. The van der Waals surface area contributed by atoms with Gasteiger partial charge in [0.15, 0.2) is 0 Å². The smallest absolute Gasteiger partial charge is 0.377 e. The van der Waals surface area contributed by atoms with Gasteiger partial charge in [-0.2, -0.15) is 0 Å². The Labute approximate surface area is 112 Å². The summed E-state index contributed by atoms with van der Waals surface area (Å²) >= 11 is 3.41. The van der Waals surface area contributed by atoms with E-state index >= 15 is 0 Å². The molecule has 6 nitrogen and oxygen atoms in total. The molecule has 0 amide bonds. The first-order chi connectivity index (χ1) is 8.61. The molecule has 0 saturated heterocycles. The van der Waals surface area contributed by atoms with Crippen LogP contribution in [-0.2, 0) is 11.3 Å². The lowest BCUT2D eigenvalue weighted by molar-refractivity contribution is 0.0586. The topological polar surface area (TPSA) is 83.0 Å². The second-order valence-electron chi connectivity index (χ2n) is 3.58. The first-order valence-electron chi connectivity index (χ1n) is 5.12. The molecule has 1 heterocycles. The zero-order chi connectivity index (χ0) is 13.1. The van der Waals surface area contributed by atoms with Crippen LogP contribution < -0.4 is 5.73 Å². The highest BCUT2D eigenvalue weighted by molar-refractivity contribution is 9.10. The second kappa shape index (κ2) is 5.18. The van der Waals surface area contributed by atoms with Crippen molar-refractivity contribution in [1.82, 2.24) is 14.8 Å². The maximum atomic E-state index is 11.2. The van der Waals surface area contributed by atoms with Crippen molar-refractivity contribution in [1.29, 1.82) is 0 Å². The van der Waals surface area contributed by atoms with Gasteiger partial charge < -0.3 is 10.5 Å². The summed E-state index contributed by atoms with van der Waals surface area (Å²) in [6.07, 6.45) is 1.47. The molecule has 18 heavy (non-hydrogen) atoms. The number of nitrogens with two attached hydrogens (primary N) is 1. The molecule has 0 aliphatic carbocycles. The molecule has 7 heteroatoms. The number of esters is 1. The Kier molecular flexibility index (Phi) is 3.61. The number of carbonyl (C=O) groups excluding carboxylic acids is 1. The fourth-order valence-electron chi connectivity index (χ4n) is 1.45. The van der Waals surface area contributed by atoms with Crippen molar-refractivity contribution in [2.45, 2.75) is 6.54 Å². The summed E-state index contributed by atoms with van der Waals surface area (Å²) in [5, 5.41) is 4.02. The predicted molar refractivity (Wildman–Crippen MR) is 69.0 cm³/mol. The number of ether oxygens (including phenoxy) is 1. The number of rotatable bonds is 3. The van der Waals surface area contributed by atoms with Crippen molar-refractivity contribution >= 4 is 27.6 Å². The van der Waals surface area contributed by atoms with Crippen LogP contribution in [0.25, 0.3) is 0 Å². The number of benzene rings is 1. The SMILES string of the molecule is COC(=O)c1ncn(Cc2cccc(N)c2Br)n1. The van der Waals surface area contributed by atoms with Crippen LogP contribution in [0.1, 0.15) is 16.2 Å². The summed E-state index contributed by atoms with van der Waals surface area (Å²) in [6, 6.07) is 5.57. The normalized spacial score (nSPS) is 10.3. The zero-order valence-electron chi connectivity index (χ0n) is 9.63. The van der Waals surface area contributed by atoms with E-state index in [-0.39, 0.29) is 5.82 Å². The average Bonchev–Trinajstić information content (AvgIpc) is 2.82. The van der Waals surface area contributed by atoms with Gasteiger partial charge in [0.05, 0.1) is 13.7 Å². The number of nitrogens with zero attached hydrogens (tertiary/aromatic N) is 3. The molecular formula is C11H11BrN4O2. The third-order valence-corrected chi connectivity index (χ3v) is 3.31. The summed E-state index contributed by atoms with van der Waals surface area (Å²) in [6.45, 7) is 0.468. The van der Waals surface area contributed by atoms with Gasteiger partial charge in [0.25, 0.3) is 5.82 Å². The van der Waals surface area contributed by atoms with Crippen LogP contribution >= 0.6 is 15.9 Å². The Morgan fingerprint density at radius 2 is 2.33 bits per heavy atom. The van der Waals surface area contributed by atoms with Gasteiger partial charge >= 0.3 is 5.97 Å². The van der Waals surface area contributed by atoms with Gasteiger partial charge in [0.1, 0.15) is 6.33 Å². The van der Waals surface area contributed by atoms with Crippen LogP contribution in [0, 0.1) is 0 Å². The molecule has 0 fully saturated rings. The molecule has 1 aromatic carbocycles. The molecule has 2 N–H and O–H groups in total. The van der Waals surface area contributed by atoms with Crippen LogP contribution in [0.4, 0.5) is 5.69 Å². The highest BCUT2D eigenvalue weighted by atomic mass is 79.9. The lowest BCUT2D eigenvalue weighted by atomic mass is 10.2. The molecule has 0 bridgehead atoms. The number of methoxy groups -OCH3 is 1. The van der Waals surface area contributed by atoms with E-state index in [4.69, 9.17) is 5.73 Å². The summed E-state index contributed by atoms with van der Waals surface area (Å²) in [5.74, 6) is -0.516. The summed E-state index contributed by atoms with van der Waals surface area (Å²) in [7, 11) is 1.29. The van der Waals surface area contributed by atoms with Gasteiger partial charge in [-0.3, -0.25) is 0 Å². The molecule has 0 atom stereocenters. The van der Waals surface area contributed by atoms with Crippen molar-refractivity contribution < 1.29 is 9.53 Å². The number of nitrogen functional groups attached to an aromatic ring is 1. The number of hydrogen-bond donors (Lipinski definition) is 1. The molecule has 0 saturated carbocycles. The standard InChI is InChI=1S/C11H11BrN4O2/c1-18-11(17)10-14-6-16(15-10)5-7-3-2-4-8(13)9(7)12/h2-4,6H,5,13H2,1H3. The molecule has 2 aromatic rings. The fraction of sp³-hybridized carbons (Fsp3) is 0.182. The molecule has 1 aromatic heterocycles. The third kappa shape index (κ3) is 2.51. The number of aromatic nitrogens is 3. The van der Waals surface area contributed by atoms with Gasteiger partial charge in [-0.1, -0.05) is 12.1 Å². The number of anilines is 1. The summed E-state index contributed by atoms with van der Waals surface area (Å²) in [4.78, 5) is 15.1. The molecule has 0 spiro atoms. The molecule has 0 radical (unpaired) electrons. The monoisotopic (exact) mass is 310 g/mol. The van der Waals surface area contributed by atoms with Crippen LogP contribution in [-0.4, -0.2) is 27.8 Å². The minimum atomic E-state index is -0.555. The Morgan fingerprint density at radius 3 is 3.06 bits per heavy atom. The first-order valence-corrected chi connectivity index (χ1v) is 5.91. The van der Waals surface area contributed by atoms with E-state index in [1.165, 1.54) is 13.4 Å². The maximum Gasteiger partial charge on any atom is 0.377 e. The van der Waals surface area contributed by atoms with Crippen molar-refractivity contribution in [3.63, 3.8) is 0 Å². The third-order valence-electron chi connectivity index (χ3n) is 2.35. The highest BCUT2D eigenvalue weighted by Crippen LogP contribution is 2.24. The van der Waals surface area contributed by atoms with E-state index in [2.05, 4.69) is 30.7 Å². The van der Waals surface area contributed by atoms with Crippen molar-refractivity contribution in [2.24, 2.45) is 0 Å². The van der Waals surface area contributed by atoms with Crippen LogP contribution in [0.15, 0.2) is 29.0 Å². The van der Waals surface area contributed by atoms with Crippen molar-refractivity contribution in [3.8, 4) is 0 Å². The lowest BCUT2D eigenvalue weighted by Crippen LogP contribution is -2.07. The van der Waals surface area contributed by atoms with E-state index < -0.39 is 5.97 Å². The van der Waals surface area contributed by atoms with Gasteiger partial charge in [0.2, 0.25) is 0 Å². The summed E-state index contributed by atoms with van der Waals surface area (Å²) in [5.41, 5.74) is 7.39. The van der Waals surface area contributed by atoms with Crippen LogP contribution in [0.5, 0.6) is 0 Å². The molecule has 0 unspecified atom stereocenters. The van der Waals surface area contributed by atoms with Gasteiger partial charge in [0, 0.05) is 10.2 Å². The van der Waals surface area contributed by atoms with Crippen LogP contribution in [0.3, 0.4) is 0 Å². The van der Waals surface area contributed by atoms with E-state index in [1.807, 2.05) is 12.1 Å². The Morgan fingerprint density at radius 1 is 1.56 bits per heavy atom. The number of hydrogen-bond acceptors (Lipinski definition) is 5. The molecule has 94 valence electrons. The van der Waals surface area contributed by atoms with Crippen molar-refractivity contribution in [2.75, 3.05) is 12.8 Å². The first kappa shape index (κ1) is 12.6. The minimum absolute atomic E-state index is 0.0394. The second-order valence-corrected chi connectivity index (χ2v) is 4.37. The Balaban J connectivity index is 2.21. The average molecular weight is 311 g/mol. The Hall–Kier alpha value is -1.89. The Bertz CT molecular complexity index is 582. The lowest BCUT2D eigenvalue weighted by Gasteiger charge is -2.06. The predicted octanol–water partition coefficient (Wildman–Crippen LogP) is 1.46. The highest BCUT2D eigenvalue weighted by Gasteiger charge is 2.12. The van der Waals surface area contributed by atoms with E-state index in [0.717, 1.165) is 10.0 Å². The molecule has 0 aliphatic rings. The molecule has 2 rings (SSSR count). The van der Waals surface area contributed by atoms with E-state index in [1.54, 1.807) is 10.7 Å². The van der Waals surface area contributed by atoms with E-state index in [0.29, 0.717) is 12.2 Å². The van der Waals surface area contributed by atoms with Gasteiger partial charge in [-0.15, -0.1) is 5.10 Å². The number of halogens is 1. The molecular weight excluding hydrogens is 300 g/mol. The van der Waals surface area contributed by atoms with Gasteiger partial charge in [-0.05, 0) is 27.6 Å². The quantitative estimate of drug-likeness (QED) is 0.685. The van der Waals surface area contributed by atoms with Gasteiger partial charge in [-0.25, -0.2) is 14.5 Å². The van der Waals surface area contributed by atoms with Crippen LogP contribution in [0.2, 0.25) is 0 Å².